The largest absolute Gasteiger partial charge is 1.00 e. The molecule has 0 radical (unpaired) electrons. The smallest absolute Gasteiger partial charge is 0.742 e. The van der Waals surface area contributed by atoms with Gasteiger partial charge in [-0.1, -0.05) is 30.3 Å². The zero-order chi connectivity index (χ0) is 18.6. The number of anilines is 1. The molecule has 0 fully saturated rings. The Kier molecular flexibility index (Phi) is 7.17. The molecular weight excluding hydrogens is 381 g/mol. The number of carbonyl (C=O) groups excluding carboxylic acids is 1. The molecular formula is C17H14N3NaO5S. The van der Waals surface area contributed by atoms with Gasteiger partial charge in [-0.15, -0.1) is 0 Å². The number of furan rings is 1. The van der Waals surface area contributed by atoms with Gasteiger partial charge < -0.3 is 14.3 Å². The molecule has 0 aliphatic carbocycles. The molecule has 0 aliphatic rings. The van der Waals surface area contributed by atoms with Crippen molar-refractivity contribution in [3.8, 4) is 0 Å². The second-order valence-corrected chi connectivity index (χ2v) is 6.63. The summed E-state index contributed by atoms with van der Waals surface area (Å²) in [6.45, 7) is -0.00593. The van der Waals surface area contributed by atoms with Crippen LogP contribution in [0.5, 0.6) is 0 Å². The van der Waals surface area contributed by atoms with E-state index < -0.39 is 21.1 Å². The molecule has 27 heavy (non-hydrogen) atoms. The number of benzene rings is 2. The molecule has 0 saturated heterocycles. The van der Waals surface area contributed by atoms with Crippen LogP contribution >= 0.6 is 0 Å². The van der Waals surface area contributed by atoms with Crippen molar-refractivity contribution >= 4 is 38.7 Å². The molecule has 1 heterocycles. The summed E-state index contributed by atoms with van der Waals surface area (Å²) >= 11 is 0. The summed E-state index contributed by atoms with van der Waals surface area (Å²) in [6, 6.07) is 15.9. The van der Waals surface area contributed by atoms with E-state index in [-0.39, 0.29) is 41.9 Å². The van der Waals surface area contributed by atoms with E-state index in [9.17, 15) is 17.8 Å². The minimum atomic E-state index is -4.65. The van der Waals surface area contributed by atoms with Gasteiger partial charge in [0.05, 0.1) is 12.8 Å². The Morgan fingerprint density at radius 2 is 1.85 bits per heavy atom. The maximum Gasteiger partial charge on any atom is 1.00 e. The number of rotatable bonds is 6. The van der Waals surface area contributed by atoms with Gasteiger partial charge in [0.1, 0.15) is 5.76 Å². The molecule has 3 rings (SSSR count). The predicted molar refractivity (Wildman–Crippen MR) is 94.8 cm³/mol. The molecule has 8 nitrogen and oxygen atoms in total. The first-order valence-corrected chi connectivity index (χ1v) is 8.93. The van der Waals surface area contributed by atoms with Crippen LogP contribution in [-0.2, 0) is 14.9 Å². The minimum Gasteiger partial charge on any atom is -0.742 e. The van der Waals surface area contributed by atoms with E-state index in [1.54, 1.807) is 0 Å². The van der Waals surface area contributed by atoms with E-state index in [0.717, 1.165) is 28.7 Å². The van der Waals surface area contributed by atoms with E-state index in [0.29, 0.717) is 0 Å². The van der Waals surface area contributed by atoms with E-state index in [1.165, 1.54) is 6.07 Å². The SMILES string of the molecule is O=C(CNc1ccc2ccccc2c1)NN=Cc1ccc(S(=O)(=O)[O-])o1.[Na+]. The zero-order valence-corrected chi connectivity index (χ0v) is 17.2. The molecule has 0 spiro atoms. The average Bonchev–Trinajstić information content (AvgIpc) is 3.09. The first kappa shape index (κ1) is 21.1. The van der Waals surface area contributed by atoms with Crippen molar-refractivity contribution in [2.24, 2.45) is 5.10 Å². The molecule has 134 valence electrons. The van der Waals surface area contributed by atoms with Crippen LogP contribution < -0.4 is 40.3 Å². The van der Waals surface area contributed by atoms with Crippen molar-refractivity contribution in [3.05, 3.63) is 60.4 Å². The van der Waals surface area contributed by atoms with Crippen LogP contribution in [0.3, 0.4) is 0 Å². The minimum absolute atomic E-state index is 0. The summed E-state index contributed by atoms with van der Waals surface area (Å²) < 4.78 is 37.1. The Labute approximate surface area is 177 Å². The quantitative estimate of drug-likeness (QED) is 0.236. The van der Waals surface area contributed by atoms with Crippen molar-refractivity contribution < 1.29 is 51.7 Å². The van der Waals surface area contributed by atoms with Crippen LogP contribution in [0.15, 0.2) is 69.2 Å². The van der Waals surface area contributed by atoms with Gasteiger partial charge in [0.15, 0.2) is 10.1 Å². The van der Waals surface area contributed by atoms with Gasteiger partial charge in [-0.25, -0.2) is 13.8 Å². The van der Waals surface area contributed by atoms with Crippen LogP contribution in [-0.4, -0.2) is 31.6 Å². The maximum absolute atomic E-state index is 11.8. The second-order valence-electron chi connectivity index (χ2n) is 5.32. The molecule has 0 bridgehead atoms. The van der Waals surface area contributed by atoms with Crippen LogP contribution in [0, 0.1) is 0 Å². The van der Waals surface area contributed by atoms with Gasteiger partial charge in [0.2, 0.25) is 5.09 Å². The third-order valence-electron chi connectivity index (χ3n) is 3.43. The Hall–Kier alpha value is -2.17. The number of nitrogens with one attached hydrogen (secondary N) is 2. The fraction of sp³-hybridized carbons (Fsp3) is 0.0588. The third-order valence-corrected chi connectivity index (χ3v) is 4.14. The van der Waals surface area contributed by atoms with E-state index in [4.69, 9.17) is 4.42 Å². The van der Waals surface area contributed by atoms with Crippen molar-refractivity contribution in [1.82, 2.24) is 5.43 Å². The second kappa shape index (κ2) is 9.16. The Balaban J connectivity index is 0.00000261. The topological polar surface area (TPSA) is 124 Å². The van der Waals surface area contributed by atoms with Gasteiger partial charge in [-0.05, 0) is 35.0 Å². The fourth-order valence-corrected chi connectivity index (χ4v) is 2.66. The predicted octanol–water partition coefficient (Wildman–Crippen LogP) is -1.10. The molecule has 1 amide bonds. The molecule has 1 aromatic heterocycles. The van der Waals surface area contributed by atoms with Crippen molar-refractivity contribution in [2.45, 2.75) is 5.09 Å². The monoisotopic (exact) mass is 395 g/mol. The van der Waals surface area contributed by atoms with Crippen LogP contribution in [0.4, 0.5) is 5.69 Å². The van der Waals surface area contributed by atoms with Gasteiger partial charge in [-0.2, -0.15) is 5.10 Å². The summed E-state index contributed by atoms with van der Waals surface area (Å²) in [5, 5.41) is 8.07. The molecule has 0 aliphatic heterocycles. The van der Waals surface area contributed by atoms with E-state index in [1.807, 2.05) is 42.5 Å². The summed E-state index contributed by atoms with van der Waals surface area (Å²) in [5.41, 5.74) is 3.06. The Morgan fingerprint density at radius 3 is 2.56 bits per heavy atom. The number of nitrogens with zero attached hydrogens (tertiary/aromatic N) is 1. The Morgan fingerprint density at radius 1 is 1.11 bits per heavy atom. The molecule has 0 unspecified atom stereocenters. The van der Waals surface area contributed by atoms with Gasteiger partial charge in [0.25, 0.3) is 5.91 Å². The van der Waals surface area contributed by atoms with E-state index >= 15 is 0 Å². The van der Waals surface area contributed by atoms with Crippen LogP contribution in [0.2, 0.25) is 0 Å². The molecule has 2 aromatic carbocycles. The summed E-state index contributed by atoms with van der Waals surface area (Å²) in [4.78, 5) is 11.8. The summed E-state index contributed by atoms with van der Waals surface area (Å²) in [7, 11) is -4.65. The fourth-order valence-electron chi connectivity index (χ4n) is 2.23. The first-order valence-electron chi connectivity index (χ1n) is 7.52. The third kappa shape index (κ3) is 5.91. The maximum atomic E-state index is 11.8. The van der Waals surface area contributed by atoms with Crippen LogP contribution in [0.25, 0.3) is 10.8 Å². The summed E-state index contributed by atoms with van der Waals surface area (Å²) in [5.74, 6) is -0.375. The van der Waals surface area contributed by atoms with Gasteiger partial charge in [-0.3, -0.25) is 4.79 Å². The molecule has 10 heteroatoms. The number of amides is 1. The van der Waals surface area contributed by atoms with E-state index in [2.05, 4.69) is 15.8 Å². The number of hydrazone groups is 1. The van der Waals surface area contributed by atoms with Crippen molar-refractivity contribution in [3.63, 3.8) is 0 Å². The Bertz CT molecular complexity index is 1080. The van der Waals surface area contributed by atoms with Crippen molar-refractivity contribution in [2.75, 3.05) is 11.9 Å². The zero-order valence-electron chi connectivity index (χ0n) is 14.4. The van der Waals surface area contributed by atoms with Crippen LogP contribution in [0.1, 0.15) is 5.76 Å². The molecule has 0 atom stereocenters. The number of fused-ring (bicyclic) bond motifs is 1. The standard InChI is InChI=1S/C17H15N3O5S.Na/c21-16(20-19-10-15-7-8-17(25-15)26(22,23)24)11-18-14-6-5-12-3-1-2-4-13(12)9-14;/h1-10,18H,11H2,(H,20,21)(H,22,23,24);/q;+1/p-1. The average molecular weight is 395 g/mol. The van der Waals surface area contributed by atoms with Gasteiger partial charge in [0, 0.05) is 5.69 Å². The molecule has 2 N–H and O–H groups in total. The molecule has 0 saturated carbocycles. The number of hydrogen-bond acceptors (Lipinski definition) is 7. The molecule has 3 aromatic rings. The normalized spacial score (nSPS) is 11.3. The number of hydrogen-bond donors (Lipinski definition) is 2. The number of carbonyl (C=O) groups is 1. The summed E-state index contributed by atoms with van der Waals surface area (Å²) in [6.07, 6.45) is 1.10. The first-order chi connectivity index (χ1) is 12.4. The van der Waals surface area contributed by atoms with Gasteiger partial charge >= 0.3 is 29.6 Å². The van der Waals surface area contributed by atoms with Crippen molar-refractivity contribution in [1.29, 1.82) is 0 Å².